The van der Waals surface area contributed by atoms with E-state index >= 15 is 0 Å². The molecule has 1 saturated heterocycles. The highest BCUT2D eigenvalue weighted by Crippen LogP contribution is 2.28. The lowest BCUT2D eigenvalue weighted by molar-refractivity contribution is 0.0285. The number of rotatable bonds is 12. The summed E-state index contributed by atoms with van der Waals surface area (Å²) < 4.78 is 44.1. The topological polar surface area (TPSA) is 101 Å². The van der Waals surface area contributed by atoms with Gasteiger partial charge in [0.15, 0.2) is 0 Å². The zero-order valence-electron chi connectivity index (χ0n) is 24.6. The fourth-order valence-electron chi connectivity index (χ4n) is 5.32. The van der Waals surface area contributed by atoms with Gasteiger partial charge >= 0.3 is 0 Å². The standard InChI is InChI=1S/C31H41N3O6S/c1-22-15-28(39-5)16-23(2)30(22)41(36,37)33(3)19-29-17-26(21-40-29)31(35)32-13-12-24-8-10-25(11-9-24)18-34-14-6-7-27(20-34)38-4/h8-11,15-17,21,27H,6-7,12-14,18-20H2,1-5H3,(H,32,35). The van der Waals surface area contributed by atoms with Crippen LogP contribution in [0.25, 0.3) is 0 Å². The molecule has 1 aliphatic heterocycles. The molecule has 3 aromatic rings. The molecule has 0 saturated carbocycles. The number of hydrogen-bond acceptors (Lipinski definition) is 7. The number of likely N-dealkylation sites (tertiary alicyclic amines) is 1. The van der Waals surface area contributed by atoms with Gasteiger partial charge in [-0.15, -0.1) is 0 Å². The molecular formula is C31H41N3O6S. The van der Waals surface area contributed by atoms with Gasteiger partial charge in [0.05, 0.1) is 30.2 Å². The second-order valence-electron chi connectivity index (χ2n) is 10.7. The average molecular weight is 584 g/mol. The van der Waals surface area contributed by atoms with Crippen LogP contribution in [0.5, 0.6) is 5.75 Å². The number of nitrogens with zero attached hydrogens (tertiary/aromatic N) is 2. The van der Waals surface area contributed by atoms with Crippen molar-refractivity contribution in [2.75, 3.05) is 40.9 Å². The van der Waals surface area contributed by atoms with Gasteiger partial charge in [0, 0.05) is 33.8 Å². The zero-order valence-corrected chi connectivity index (χ0v) is 25.4. The second-order valence-corrected chi connectivity index (χ2v) is 12.7. The minimum absolute atomic E-state index is 0.00355. The van der Waals surface area contributed by atoms with Crippen molar-refractivity contribution in [2.45, 2.75) is 57.2 Å². The number of benzene rings is 2. The average Bonchev–Trinajstić information content (AvgIpc) is 3.42. The predicted octanol–water partition coefficient (Wildman–Crippen LogP) is 4.31. The number of methoxy groups -OCH3 is 2. The van der Waals surface area contributed by atoms with Gasteiger partial charge in [-0.3, -0.25) is 9.69 Å². The number of ether oxygens (including phenoxy) is 2. The third-order valence-corrected chi connectivity index (χ3v) is 9.67. The van der Waals surface area contributed by atoms with E-state index in [2.05, 4.69) is 34.5 Å². The van der Waals surface area contributed by atoms with Crippen LogP contribution in [-0.2, 0) is 34.3 Å². The fraction of sp³-hybridized carbons (Fsp3) is 0.452. The van der Waals surface area contributed by atoms with E-state index in [0.29, 0.717) is 47.3 Å². The number of piperidine rings is 1. The maximum absolute atomic E-state index is 13.3. The smallest absolute Gasteiger partial charge is 0.254 e. The minimum atomic E-state index is -3.79. The Morgan fingerprint density at radius 1 is 1.10 bits per heavy atom. The number of carbonyl (C=O) groups excluding carboxylic acids is 1. The molecule has 0 aliphatic carbocycles. The molecule has 222 valence electrons. The van der Waals surface area contributed by atoms with Crippen LogP contribution >= 0.6 is 0 Å². The molecule has 2 heterocycles. The SMILES string of the molecule is COc1cc(C)c(S(=O)(=O)N(C)Cc2cc(C(=O)NCCc3ccc(CN4CCCC(OC)C4)cc3)co2)c(C)c1. The molecule has 1 unspecified atom stereocenters. The Labute approximate surface area is 243 Å². The molecule has 4 rings (SSSR count). The lowest BCUT2D eigenvalue weighted by atomic mass is 10.1. The van der Waals surface area contributed by atoms with Crippen LogP contribution in [0.1, 0.15) is 51.2 Å². The molecule has 1 atom stereocenters. The summed E-state index contributed by atoms with van der Waals surface area (Å²) >= 11 is 0. The van der Waals surface area contributed by atoms with E-state index in [9.17, 15) is 13.2 Å². The highest BCUT2D eigenvalue weighted by molar-refractivity contribution is 7.89. The molecule has 1 fully saturated rings. The van der Waals surface area contributed by atoms with Crippen LogP contribution in [0.15, 0.2) is 58.0 Å². The molecule has 1 aromatic heterocycles. The van der Waals surface area contributed by atoms with Crippen LogP contribution in [-0.4, -0.2) is 70.5 Å². The molecule has 0 bridgehead atoms. The lowest BCUT2D eigenvalue weighted by Crippen LogP contribution is -2.38. The van der Waals surface area contributed by atoms with Crippen LogP contribution in [0.2, 0.25) is 0 Å². The monoisotopic (exact) mass is 583 g/mol. The highest BCUT2D eigenvalue weighted by Gasteiger charge is 2.27. The van der Waals surface area contributed by atoms with Gasteiger partial charge in [-0.05, 0) is 80.1 Å². The molecule has 0 radical (unpaired) electrons. The van der Waals surface area contributed by atoms with E-state index in [1.807, 2.05) is 0 Å². The molecule has 2 aromatic carbocycles. The Morgan fingerprint density at radius 3 is 2.44 bits per heavy atom. The Morgan fingerprint density at radius 2 is 1.78 bits per heavy atom. The molecule has 0 spiro atoms. The van der Waals surface area contributed by atoms with E-state index in [1.165, 1.54) is 23.2 Å². The van der Waals surface area contributed by atoms with E-state index in [-0.39, 0.29) is 17.3 Å². The van der Waals surface area contributed by atoms with Crippen LogP contribution in [0.4, 0.5) is 0 Å². The Kier molecular flexibility index (Phi) is 10.2. The molecule has 1 amide bonds. The molecule has 10 heteroatoms. The minimum Gasteiger partial charge on any atom is -0.497 e. The first-order valence-corrected chi connectivity index (χ1v) is 15.3. The van der Waals surface area contributed by atoms with E-state index < -0.39 is 10.0 Å². The number of sulfonamides is 1. The molecule has 9 nitrogen and oxygen atoms in total. The summed E-state index contributed by atoms with van der Waals surface area (Å²) in [6.07, 6.45) is 4.67. The van der Waals surface area contributed by atoms with E-state index in [4.69, 9.17) is 13.9 Å². The van der Waals surface area contributed by atoms with Crippen LogP contribution in [0, 0.1) is 13.8 Å². The normalized spacial score (nSPS) is 16.2. The van der Waals surface area contributed by atoms with Crippen molar-refractivity contribution in [2.24, 2.45) is 0 Å². The van der Waals surface area contributed by atoms with Crippen LogP contribution < -0.4 is 10.1 Å². The Hall–Kier alpha value is -3.18. The highest BCUT2D eigenvalue weighted by atomic mass is 32.2. The van der Waals surface area contributed by atoms with Gasteiger partial charge in [-0.25, -0.2) is 8.42 Å². The van der Waals surface area contributed by atoms with Crippen LogP contribution in [0.3, 0.4) is 0 Å². The summed E-state index contributed by atoms with van der Waals surface area (Å²) in [5.74, 6) is 0.724. The number of hydrogen-bond donors (Lipinski definition) is 1. The Bertz CT molecular complexity index is 1410. The zero-order chi connectivity index (χ0) is 29.6. The van der Waals surface area contributed by atoms with Gasteiger partial charge in [0.1, 0.15) is 17.8 Å². The third-order valence-electron chi connectivity index (χ3n) is 7.56. The van der Waals surface area contributed by atoms with Gasteiger partial charge in [-0.2, -0.15) is 4.31 Å². The second kappa shape index (κ2) is 13.7. The van der Waals surface area contributed by atoms with Gasteiger partial charge in [0.2, 0.25) is 10.0 Å². The fourth-order valence-corrected chi connectivity index (χ4v) is 6.86. The number of carbonyl (C=O) groups is 1. The largest absolute Gasteiger partial charge is 0.497 e. The third kappa shape index (κ3) is 7.77. The summed E-state index contributed by atoms with van der Waals surface area (Å²) in [4.78, 5) is 15.4. The van der Waals surface area contributed by atoms with Crippen molar-refractivity contribution in [1.29, 1.82) is 0 Å². The number of furan rings is 1. The Balaban J connectivity index is 1.27. The van der Waals surface area contributed by atoms with Gasteiger partial charge < -0.3 is 19.2 Å². The number of nitrogens with one attached hydrogen (secondary N) is 1. The van der Waals surface area contributed by atoms with Crippen molar-refractivity contribution < 1.29 is 27.1 Å². The van der Waals surface area contributed by atoms with Crippen molar-refractivity contribution in [1.82, 2.24) is 14.5 Å². The van der Waals surface area contributed by atoms with E-state index in [1.54, 1.807) is 46.3 Å². The lowest BCUT2D eigenvalue weighted by Gasteiger charge is -2.31. The predicted molar refractivity (Wildman–Crippen MR) is 158 cm³/mol. The van der Waals surface area contributed by atoms with Gasteiger partial charge in [-0.1, -0.05) is 24.3 Å². The molecule has 1 aliphatic rings. The van der Waals surface area contributed by atoms with Crippen molar-refractivity contribution in [3.63, 3.8) is 0 Å². The first-order valence-electron chi connectivity index (χ1n) is 13.9. The number of amides is 1. The maximum atomic E-state index is 13.3. The number of aryl methyl sites for hydroxylation is 2. The molecule has 41 heavy (non-hydrogen) atoms. The van der Waals surface area contributed by atoms with Crippen molar-refractivity contribution in [3.8, 4) is 5.75 Å². The summed E-state index contributed by atoms with van der Waals surface area (Å²) in [6.45, 7) is 6.93. The van der Waals surface area contributed by atoms with Crippen molar-refractivity contribution in [3.05, 3.63) is 82.3 Å². The first kappa shape index (κ1) is 30.8. The molecule has 1 N–H and O–H groups in total. The summed E-state index contributed by atoms with van der Waals surface area (Å²) in [5, 5.41) is 2.92. The summed E-state index contributed by atoms with van der Waals surface area (Å²) in [5.41, 5.74) is 3.97. The quantitative estimate of drug-likeness (QED) is 0.339. The maximum Gasteiger partial charge on any atom is 0.254 e. The molecular weight excluding hydrogens is 542 g/mol. The van der Waals surface area contributed by atoms with E-state index in [0.717, 1.165) is 38.0 Å². The van der Waals surface area contributed by atoms with Gasteiger partial charge in [0.25, 0.3) is 5.91 Å². The summed E-state index contributed by atoms with van der Waals surface area (Å²) in [7, 11) is 1.04. The first-order chi connectivity index (χ1) is 19.6. The van der Waals surface area contributed by atoms with Crippen molar-refractivity contribution >= 4 is 15.9 Å². The summed E-state index contributed by atoms with van der Waals surface area (Å²) in [6, 6.07) is 13.5.